The lowest BCUT2D eigenvalue weighted by Gasteiger charge is -2.12. The third-order valence-electron chi connectivity index (χ3n) is 3.66. The minimum absolute atomic E-state index is 0.0850. The van der Waals surface area contributed by atoms with E-state index in [1.807, 2.05) is 13.8 Å². The molecule has 9 heteroatoms. The predicted molar refractivity (Wildman–Crippen MR) is 84.9 cm³/mol. The van der Waals surface area contributed by atoms with Gasteiger partial charge in [-0.05, 0) is 6.07 Å². The van der Waals surface area contributed by atoms with Gasteiger partial charge in [0.05, 0.1) is 18.2 Å². The van der Waals surface area contributed by atoms with E-state index in [4.69, 9.17) is 0 Å². The Bertz CT molecular complexity index is 696. The van der Waals surface area contributed by atoms with Crippen LogP contribution in [0.15, 0.2) is 12.3 Å². The maximum atomic E-state index is 12.2. The van der Waals surface area contributed by atoms with Crippen LogP contribution < -0.4 is 10.2 Å². The summed E-state index contributed by atoms with van der Waals surface area (Å²) in [6, 6.07) is 1.79. The molecule has 1 fully saturated rings. The first kappa shape index (κ1) is 15.6. The number of nitrogens with zero attached hydrogens (tertiary/aromatic N) is 4. The van der Waals surface area contributed by atoms with Gasteiger partial charge < -0.3 is 5.32 Å². The van der Waals surface area contributed by atoms with Gasteiger partial charge in [-0.2, -0.15) is 5.10 Å². The topological polar surface area (TPSA) is 104 Å². The summed E-state index contributed by atoms with van der Waals surface area (Å²) in [5, 5.41) is 19.1. The highest BCUT2D eigenvalue weighted by Gasteiger charge is 2.36. The van der Waals surface area contributed by atoms with Crippen LogP contribution >= 0.6 is 11.3 Å². The summed E-state index contributed by atoms with van der Waals surface area (Å²) < 4.78 is 0. The fourth-order valence-corrected chi connectivity index (χ4v) is 3.22. The minimum Gasteiger partial charge on any atom is -0.350 e. The zero-order valence-electron chi connectivity index (χ0n) is 12.9. The summed E-state index contributed by atoms with van der Waals surface area (Å²) in [6.07, 6.45) is 1.83. The largest absolute Gasteiger partial charge is 0.350 e. The summed E-state index contributed by atoms with van der Waals surface area (Å²) in [5.74, 6) is -0.313. The molecule has 1 unspecified atom stereocenters. The molecule has 1 aliphatic heterocycles. The van der Waals surface area contributed by atoms with Gasteiger partial charge in [0.2, 0.25) is 16.9 Å². The molecule has 2 aromatic rings. The first-order valence-electron chi connectivity index (χ1n) is 7.44. The Morgan fingerprint density at radius 3 is 3.00 bits per heavy atom. The molecule has 1 aliphatic rings. The van der Waals surface area contributed by atoms with Gasteiger partial charge in [0, 0.05) is 25.1 Å². The average Bonchev–Trinajstić information content (AvgIpc) is 3.24. The van der Waals surface area contributed by atoms with Gasteiger partial charge in [-0.25, -0.2) is 0 Å². The number of anilines is 1. The second-order valence-corrected chi connectivity index (χ2v) is 6.77. The third kappa shape index (κ3) is 3.39. The SMILES string of the molecule is CC(C)c1nnc(N2CC(C(=O)NCc3ccn[nH]3)CC2=O)s1. The molecule has 2 amide bonds. The molecule has 0 bridgehead atoms. The molecule has 1 atom stereocenters. The first-order valence-corrected chi connectivity index (χ1v) is 8.26. The van der Waals surface area contributed by atoms with E-state index in [1.54, 1.807) is 17.2 Å². The summed E-state index contributed by atoms with van der Waals surface area (Å²) >= 11 is 1.41. The van der Waals surface area contributed by atoms with Crippen LogP contribution in [0, 0.1) is 5.92 Å². The van der Waals surface area contributed by atoms with E-state index >= 15 is 0 Å². The Morgan fingerprint density at radius 2 is 2.35 bits per heavy atom. The second kappa shape index (κ2) is 6.45. The molecule has 0 aromatic carbocycles. The van der Waals surface area contributed by atoms with Crippen molar-refractivity contribution in [1.29, 1.82) is 0 Å². The van der Waals surface area contributed by atoms with Crippen LogP contribution in [0.25, 0.3) is 0 Å². The molecule has 2 N–H and O–H groups in total. The van der Waals surface area contributed by atoms with E-state index in [0.717, 1.165) is 10.7 Å². The molecule has 122 valence electrons. The molecule has 3 heterocycles. The number of amides is 2. The van der Waals surface area contributed by atoms with Gasteiger partial charge in [0.15, 0.2) is 0 Å². The zero-order chi connectivity index (χ0) is 16.4. The summed E-state index contributed by atoms with van der Waals surface area (Å²) in [5.41, 5.74) is 0.824. The van der Waals surface area contributed by atoms with Crippen molar-refractivity contribution in [3.63, 3.8) is 0 Å². The fourth-order valence-electron chi connectivity index (χ4n) is 2.35. The number of aromatic amines is 1. The van der Waals surface area contributed by atoms with Gasteiger partial charge in [0.25, 0.3) is 0 Å². The highest BCUT2D eigenvalue weighted by molar-refractivity contribution is 7.15. The lowest BCUT2D eigenvalue weighted by molar-refractivity contribution is -0.126. The number of H-pyrrole nitrogens is 1. The quantitative estimate of drug-likeness (QED) is 0.851. The maximum absolute atomic E-state index is 12.2. The Kier molecular flexibility index (Phi) is 4.37. The molecule has 3 rings (SSSR count). The second-order valence-electron chi connectivity index (χ2n) is 5.78. The Balaban J connectivity index is 1.61. The van der Waals surface area contributed by atoms with Crippen LogP contribution in [0.4, 0.5) is 5.13 Å². The normalized spacial score (nSPS) is 18.0. The fraction of sp³-hybridized carbons (Fsp3) is 0.500. The molecule has 1 saturated heterocycles. The first-order chi connectivity index (χ1) is 11.0. The van der Waals surface area contributed by atoms with Crippen LogP contribution in [-0.4, -0.2) is 38.8 Å². The van der Waals surface area contributed by atoms with E-state index < -0.39 is 0 Å². The molecular weight excluding hydrogens is 316 g/mol. The molecule has 23 heavy (non-hydrogen) atoms. The van der Waals surface area contributed by atoms with Crippen LogP contribution in [0.5, 0.6) is 0 Å². The maximum Gasteiger partial charge on any atom is 0.229 e. The highest BCUT2D eigenvalue weighted by Crippen LogP contribution is 2.30. The van der Waals surface area contributed by atoms with Gasteiger partial charge in [-0.1, -0.05) is 25.2 Å². The van der Waals surface area contributed by atoms with Crippen molar-refractivity contribution in [2.75, 3.05) is 11.4 Å². The average molecular weight is 334 g/mol. The molecule has 0 aliphatic carbocycles. The number of hydrogen-bond acceptors (Lipinski definition) is 6. The number of rotatable bonds is 5. The van der Waals surface area contributed by atoms with Crippen molar-refractivity contribution in [2.45, 2.75) is 32.7 Å². The van der Waals surface area contributed by atoms with E-state index in [1.165, 1.54) is 11.3 Å². The van der Waals surface area contributed by atoms with E-state index in [-0.39, 0.29) is 30.1 Å². The summed E-state index contributed by atoms with van der Waals surface area (Å²) in [6.45, 7) is 4.78. The summed E-state index contributed by atoms with van der Waals surface area (Å²) in [7, 11) is 0. The lowest BCUT2D eigenvalue weighted by Crippen LogP contribution is -2.32. The zero-order valence-corrected chi connectivity index (χ0v) is 13.8. The molecule has 0 saturated carbocycles. The Morgan fingerprint density at radius 1 is 1.52 bits per heavy atom. The summed E-state index contributed by atoms with van der Waals surface area (Å²) in [4.78, 5) is 25.9. The predicted octanol–water partition coefficient (Wildman–Crippen LogP) is 1.05. The number of carbonyl (C=O) groups excluding carboxylic acids is 2. The van der Waals surface area contributed by atoms with Crippen LogP contribution in [0.3, 0.4) is 0 Å². The molecule has 8 nitrogen and oxygen atoms in total. The number of hydrogen-bond donors (Lipinski definition) is 2. The Hall–Kier alpha value is -2.29. The van der Waals surface area contributed by atoms with Gasteiger partial charge >= 0.3 is 0 Å². The Labute approximate surface area is 137 Å². The van der Waals surface area contributed by atoms with E-state index in [0.29, 0.717) is 18.2 Å². The van der Waals surface area contributed by atoms with Crippen LogP contribution in [0.2, 0.25) is 0 Å². The van der Waals surface area contributed by atoms with E-state index in [2.05, 4.69) is 25.7 Å². The van der Waals surface area contributed by atoms with E-state index in [9.17, 15) is 9.59 Å². The van der Waals surface area contributed by atoms with Crippen LogP contribution in [-0.2, 0) is 16.1 Å². The monoisotopic (exact) mass is 334 g/mol. The van der Waals surface area contributed by atoms with Crippen molar-refractivity contribution < 1.29 is 9.59 Å². The highest BCUT2D eigenvalue weighted by atomic mass is 32.1. The smallest absolute Gasteiger partial charge is 0.229 e. The third-order valence-corrected chi connectivity index (χ3v) is 4.91. The number of aromatic nitrogens is 4. The number of carbonyl (C=O) groups is 2. The van der Waals surface area contributed by atoms with Gasteiger partial charge in [0.1, 0.15) is 5.01 Å². The van der Waals surface area contributed by atoms with Crippen molar-refractivity contribution in [3.05, 3.63) is 23.0 Å². The van der Waals surface area contributed by atoms with Crippen LogP contribution in [0.1, 0.15) is 36.9 Å². The molecule has 0 spiro atoms. The van der Waals surface area contributed by atoms with Gasteiger partial charge in [-0.3, -0.25) is 19.6 Å². The molecule has 0 radical (unpaired) electrons. The number of nitrogens with one attached hydrogen (secondary N) is 2. The molecular formula is C14H18N6O2S. The molecule has 2 aromatic heterocycles. The van der Waals surface area contributed by atoms with Crippen molar-refractivity contribution >= 4 is 28.3 Å². The van der Waals surface area contributed by atoms with Crippen molar-refractivity contribution in [1.82, 2.24) is 25.7 Å². The standard InChI is InChI=1S/C14H18N6O2S/c1-8(2)13-18-19-14(23-13)20-7-9(5-11(20)21)12(22)15-6-10-3-4-16-17-10/h3-4,8-9H,5-7H2,1-2H3,(H,15,22)(H,16,17). The van der Waals surface area contributed by atoms with Crippen molar-refractivity contribution in [2.24, 2.45) is 5.92 Å². The lowest BCUT2D eigenvalue weighted by atomic mass is 10.1. The van der Waals surface area contributed by atoms with Gasteiger partial charge in [-0.15, -0.1) is 10.2 Å². The van der Waals surface area contributed by atoms with Crippen molar-refractivity contribution in [3.8, 4) is 0 Å². The minimum atomic E-state index is -0.364.